The van der Waals surface area contributed by atoms with E-state index in [0.29, 0.717) is 6.42 Å². The number of nitrogens with zero attached hydrogens (tertiary/aromatic N) is 3. The average molecular weight is 441 g/mol. The predicted molar refractivity (Wildman–Crippen MR) is 112 cm³/mol. The fraction of sp³-hybridized carbons (Fsp3) is 0.286. The third kappa shape index (κ3) is 3.42. The molecule has 0 radical (unpaired) electrons. The quantitative estimate of drug-likeness (QED) is 0.734. The van der Waals surface area contributed by atoms with E-state index in [9.17, 15) is 4.79 Å². The van der Waals surface area contributed by atoms with Crippen molar-refractivity contribution in [3.8, 4) is 5.69 Å². The first-order valence-electron chi connectivity index (χ1n) is 9.18. The minimum atomic E-state index is -0.248. The number of nitrogens with one attached hydrogen (secondary N) is 1. The van der Waals surface area contributed by atoms with Crippen LogP contribution in [0.5, 0.6) is 0 Å². The zero-order valence-corrected chi connectivity index (χ0v) is 17.4. The van der Waals surface area contributed by atoms with Crippen LogP contribution in [0.2, 0.25) is 0 Å². The van der Waals surface area contributed by atoms with E-state index in [4.69, 9.17) is 9.73 Å². The molecule has 4 rings (SSSR count). The molecule has 2 aromatic rings. The lowest BCUT2D eigenvalue weighted by Gasteiger charge is -2.17. The molecule has 0 aliphatic carbocycles. The van der Waals surface area contributed by atoms with Crippen LogP contribution < -0.4 is 5.32 Å². The fourth-order valence-electron chi connectivity index (χ4n) is 3.57. The number of aromatic nitrogens is 2. The van der Waals surface area contributed by atoms with E-state index >= 15 is 0 Å². The first-order chi connectivity index (χ1) is 13.6. The molecule has 1 atom stereocenters. The van der Waals surface area contributed by atoms with Gasteiger partial charge in [-0.25, -0.2) is 4.98 Å². The van der Waals surface area contributed by atoms with Crippen molar-refractivity contribution in [2.75, 3.05) is 13.7 Å². The third-order valence-electron chi connectivity index (χ3n) is 4.92. The number of benzene rings is 1. The van der Waals surface area contributed by atoms with Crippen LogP contribution in [0.3, 0.4) is 0 Å². The molecule has 0 saturated carbocycles. The molecule has 0 bridgehead atoms. The summed E-state index contributed by atoms with van der Waals surface area (Å²) >= 11 is 3.60. The lowest BCUT2D eigenvalue weighted by molar-refractivity contribution is -0.140. The van der Waals surface area contributed by atoms with Gasteiger partial charge in [-0.1, -0.05) is 28.1 Å². The number of ether oxygens (including phenoxy) is 1. The van der Waals surface area contributed by atoms with Gasteiger partial charge in [-0.3, -0.25) is 14.4 Å². The number of aliphatic imine (C=N–C) groups is 1. The Kier molecular flexibility index (Phi) is 5.17. The molecule has 28 heavy (non-hydrogen) atoms. The molecule has 0 saturated heterocycles. The van der Waals surface area contributed by atoms with E-state index in [0.717, 1.165) is 45.2 Å². The topological polar surface area (TPSA) is 68.5 Å². The number of aryl methyl sites for hydroxylation is 1. The van der Waals surface area contributed by atoms with Gasteiger partial charge in [0.05, 0.1) is 24.2 Å². The van der Waals surface area contributed by atoms with E-state index < -0.39 is 0 Å². The third-order valence-corrected chi connectivity index (χ3v) is 5.41. The van der Waals surface area contributed by atoms with Gasteiger partial charge in [0.2, 0.25) is 0 Å². The van der Waals surface area contributed by atoms with E-state index in [2.05, 4.69) is 49.0 Å². The highest BCUT2D eigenvalue weighted by Gasteiger charge is 2.28. The van der Waals surface area contributed by atoms with E-state index in [1.54, 1.807) is 0 Å². The van der Waals surface area contributed by atoms with Crippen LogP contribution in [-0.4, -0.2) is 34.9 Å². The molecule has 0 amide bonds. The van der Waals surface area contributed by atoms with Gasteiger partial charge >= 0.3 is 5.97 Å². The van der Waals surface area contributed by atoms with Gasteiger partial charge in [0, 0.05) is 34.9 Å². The number of halogens is 1. The molecule has 1 aromatic carbocycles. The SMILES string of the molecule is COC(=O)CC[C@@H]1N=C(C2=CC=CCN2)c2cc(Br)ccc2-n2c(C)cnc21. The van der Waals surface area contributed by atoms with Crippen molar-refractivity contribution in [3.63, 3.8) is 0 Å². The van der Waals surface area contributed by atoms with Crippen molar-refractivity contribution in [3.05, 3.63) is 69.9 Å². The van der Waals surface area contributed by atoms with Crippen molar-refractivity contribution in [2.24, 2.45) is 4.99 Å². The summed E-state index contributed by atoms with van der Waals surface area (Å²) in [7, 11) is 1.41. The van der Waals surface area contributed by atoms with Gasteiger partial charge in [-0.15, -0.1) is 0 Å². The number of carbonyl (C=O) groups excluding carboxylic acids is 1. The number of hydrogen-bond acceptors (Lipinski definition) is 5. The molecule has 144 valence electrons. The number of carbonyl (C=O) groups is 1. The Morgan fingerprint density at radius 2 is 2.29 bits per heavy atom. The lowest BCUT2D eigenvalue weighted by atomic mass is 10.0. The lowest BCUT2D eigenvalue weighted by Crippen LogP contribution is -2.24. The number of esters is 1. The minimum Gasteiger partial charge on any atom is -0.469 e. The second-order valence-electron chi connectivity index (χ2n) is 6.75. The van der Waals surface area contributed by atoms with Crippen molar-refractivity contribution >= 4 is 27.6 Å². The van der Waals surface area contributed by atoms with Crippen LogP contribution in [0.15, 0.2) is 57.8 Å². The van der Waals surface area contributed by atoms with Gasteiger partial charge in [-0.2, -0.15) is 0 Å². The summed E-state index contributed by atoms with van der Waals surface area (Å²) in [5.74, 6) is 0.598. The molecule has 0 spiro atoms. The minimum absolute atomic E-state index is 0.242. The number of rotatable bonds is 4. The summed E-state index contributed by atoms with van der Waals surface area (Å²) < 4.78 is 7.96. The van der Waals surface area contributed by atoms with Crippen molar-refractivity contribution in [1.29, 1.82) is 0 Å². The monoisotopic (exact) mass is 440 g/mol. The summed E-state index contributed by atoms with van der Waals surface area (Å²) in [5.41, 5.74) is 4.92. The number of imidazole rings is 1. The molecule has 6 nitrogen and oxygen atoms in total. The first-order valence-corrected chi connectivity index (χ1v) is 9.98. The van der Waals surface area contributed by atoms with Gasteiger partial charge in [-0.05, 0) is 37.6 Å². The van der Waals surface area contributed by atoms with E-state index in [1.165, 1.54) is 7.11 Å². The van der Waals surface area contributed by atoms with Gasteiger partial charge in [0.1, 0.15) is 11.9 Å². The normalized spacial score (nSPS) is 17.6. The van der Waals surface area contributed by atoms with Gasteiger partial charge in [0.15, 0.2) is 0 Å². The number of allylic oxidation sites excluding steroid dienone is 3. The molecule has 0 unspecified atom stereocenters. The Balaban J connectivity index is 1.90. The average Bonchev–Trinajstić information content (AvgIpc) is 3.03. The molecular formula is C21H21BrN4O2. The number of methoxy groups -OCH3 is 1. The number of hydrogen-bond donors (Lipinski definition) is 1. The Morgan fingerprint density at radius 1 is 1.43 bits per heavy atom. The van der Waals surface area contributed by atoms with Crippen LogP contribution in [0.4, 0.5) is 0 Å². The van der Waals surface area contributed by atoms with Crippen LogP contribution >= 0.6 is 15.9 Å². The zero-order chi connectivity index (χ0) is 19.7. The summed E-state index contributed by atoms with van der Waals surface area (Å²) in [6.07, 6.45) is 8.80. The number of fused-ring (bicyclic) bond motifs is 3. The highest BCUT2D eigenvalue weighted by molar-refractivity contribution is 9.10. The maximum Gasteiger partial charge on any atom is 0.305 e. The van der Waals surface area contributed by atoms with Crippen LogP contribution in [-0.2, 0) is 9.53 Å². The summed E-state index contributed by atoms with van der Waals surface area (Å²) in [5, 5.41) is 3.41. The van der Waals surface area contributed by atoms with Crippen LogP contribution in [0.1, 0.15) is 36.0 Å². The molecule has 2 aliphatic rings. The molecule has 7 heteroatoms. The van der Waals surface area contributed by atoms with Crippen molar-refractivity contribution < 1.29 is 9.53 Å². The molecule has 0 fully saturated rings. The molecular weight excluding hydrogens is 420 g/mol. The van der Waals surface area contributed by atoms with Crippen molar-refractivity contribution in [2.45, 2.75) is 25.8 Å². The van der Waals surface area contributed by atoms with Gasteiger partial charge < -0.3 is 10.1 Å². The summed E-state index contributed by atoms with van der Waals surface area (Å²) in [6, 6.07) is 5.94. The maximum absolute atomic E-state index is 11.8. The summed E-state index contributed by atoms with van der Waals surface area (Å²) in [6.45, 7) is 2.79. The first kappa shape index (κ1) is 18.7. The highest BCUT2D eigenvalue weighted by Crippen LogP contribution is 2.34. The maximum atomic E-state index is 11.8. The largest absolute Gasteiger partial charge is 0.469 e. The van der Waals surface area contributed by atoms with Gasteiger partial charge in [0.25, 0.3) is 0 Å². The van der Waals surface area contributed by atoms with Crippen molar-refractivity contribution in [1.82, 2.24) is 14.9 Å². The van der Waals surface area contributed by atoms with Crippen LogP contribution in [0, 0.1) is 6.92 Å². The van der Waals surface area contributed by atoms with Crippen LogP contribution in [0.25, 0.3) is 5.69 Å². The molecule has 3 heterocycles. The Hall–Kier alpha value is -2.67. The second-order valence-corrected chi connectivity index (χ2v) is 7.67. The Bertz CT molecular complexity index is 1020. The number of dihydropyridines is 1. The van der Waals surface area contributed by atoms with E-state index in [-0.39, 0.29) is 18.4 Å². The second kappa shape index (κ2) is 7.75. The predicted octanol–water partition coefficient (Wildman–Crippen LogP) is 3.78. The Labute approximate surface area is 172 Å². The Morgan fingerprint density at radius 3 is 3.04 bits per heavy atom. The fourth-order valence-corrected chi connectivity index (χ4v) is 3.93. The summed E-state index contributed by atoms with van der Waals surface area (Å²) in [4.78, 5) is 21.5. The zero-order valence-electron chi connectivity index (χ0n) is 15.8. The molecule has 1 N–H and O–H groups in total. The smallest absolute Gasteiger partial charge is 0.305 e. The molecule has 1 aromatic heterocycles. The standard InChI is InChI=1S/C21H21BrN4O2/c1-13-12-24-21-17(7-9-19(27)28-2)25-20(16-5-3-4-10-23-16)15-11-14(22)6-8-18(15)26(13)21/h3-6,8,11-12,17,23H,7,9-10H2,1-2H3/t17-/m0/s1. The molecule has 2 aliphatic heterocycles. The van der Waals surface area contributed by atoms with E-state index in [1.807, 2.05) is 31.3 Å². The highest BCUT2D eigenvalue weighted by atomic mass is 79.9.